The van der Waals surface area contributed by atoms with E-state index in [9.17, 15) is 21.6 Å². The van der Waals surface area contributed by atoms with Gasteiger partial charge in [-0.3, -0.25) is 4.31 Å². The normalized spacial score (nSPS) is 14.0. The molecule has 1 heterocycles. The molecule has 0 aliphatic carbocycles. The first-order valence-electron chi connectivity index (χ1n) is 9.42. The SMILES string of the molecule is COc1c(Cl)cccc1-c1ccc2c(c1)N(S(=O)(=O)c1cccc(C(F)(F)F)c1)CCO2. The van der Waals surface area contributed by atoms with Crippen LogP contribution in [0.3, 0.4) is 0 Å². The summed E-state index contributed by atoms with van der Waals surface area (Å²) in [7, 11) is -2.82. The summed E-state index contributed by atoms with van der Waals surface area (Å²) < 4.78 is 78.0. The highest BCUT2D eigenvalue weighted by atomic mass is 35.5. The lowest BCUT2D eigenvalue weighted by Gasteiger charge is -2.31. The minimum absolute atomic E-state index is 0.0539. The van der Waals surface area contributed by atoms with Crippen LogP contribution in [0.5, 0.6) is 11.5 Å². The minimum atomic E-state index is -4.66. The second kappa shape index (κ2) is 8.22. The van der Waals surface area contributed by atoms with Crippen molar-refractivity contribution in [1.82, 2.24) is 0 Å². The van der Waals surface area contributed by atoms with Crippen LogP contribution in [-0.4, -0.2) is 28.7 Å². The molecule has 0 N–H and O–H groups in total. The van der Waals surface area contributed by atoms with Crippen LogP contribution < -0.4 is 13.8 Å². The predicted octanol–water partition coefficient (Wildman–Crippen LogP) is 5.62. The first-order chi connectivity index (χ1) is 15.1. The fourth-order valence-electron chi connectivity index (χ4n) is 3.51. The Morgan fingerprint density at radius 1 is 1.06 bits per heavy atom. The number of alkyl halides is 3. The summed E-state index contributed by atoms with van der Waals surface area (Å²) in [5, 5.41) is 0.382. The zero-order valence-electron chi connectivity index (χ0n) is 16.7. The topological polar surface area (TPSA) is 55.8 Å². The van der Waals surface area contributed by atoms with E-state index >= 15 is 0 Å². The standard InChI is InChI=1S/C22H17ClF3NO4S/c1-30-21-17(6-3-7-18(21)23)14-8-9-20-19(12-14)27(10-11-31-20)32(28,29)16-5-2-4-15(13-16)22(24,25)26/h2-9,12-13H,10-11H2,1H3. The van der Waals surface area contributed by atoms with Crippen molar-refractivity contribution in [2.75, 3.05) is 24.6 Å². The number of benzene rings is 3. The number of fused-ring (bicyclic) bond motifs is 1. The summed E-state index contributed by atoms with van der Waals surface area (Å²) in [5.41, 5.74) is 0.417. The van der Waals surface area contributed by atoms with Gasteiger partial charge >= 0.3 is 6.18 Å². The highest BCUT2D eigenvalue weighted by molar-refractivity contribution is 7.92. The van der Waals surface area contributed by atoms with Crippen molar-refractivity contribution in [2.24, 2.45) is 0 Å². The van der Waals surface area contributed by atoms with Crippen LogP contribution in [0, 0.1) is 0 Å². The molecular weight excluding hydrogens is 467 g/mol. The fourth-order valence-corrected chi connectivity index (χ4v) is 5.26. The molecule has 0 aromatic heterocycles. The molecular formula is C22H17ClF3NO4S. The molecule has 4 rings (SSSR count). The average Bonchev–Trinajstić information content (AvgIpc) is 2.77. The van der Waals surface area contributed by atoms with Gasteiger partial charge in [-0.1, -0.05) is 35.9 Å². The molecule has 0 saturated carbocycles. The number of para-hydroxylation sites is 1. The first kappa shape index (κ1) is 22.3. The van der Waals surface area contributed by atoms with Gasteiger partial charge in [0.2, 0.25) is 0 Å². The molecule has 168 valence electrons. The Kier molecular flexibility index (Phi) is 5.72. The Labute approximate surface area is 188 Å². The number of ether oxygens (including phenoxy) is 2. The number of methoxy groups -OCH3 is 1. The van der Waals surface area contributed by atoms with Crippen LogP contribution in [0.1, 0.15) is 5.56 Å². The highest BCUT2D eigenvalue weighted by Crippen LogP contribution is 2.42. The summed E-state index contributed by atoms with van der Waals surface area (Å²) in [4.78, 5) is -0.453. The second-order valence-corrected chi connectivity index (χ2v) is 9.22. The number of anilines is 1. The predicted molar refractivity (Wildman–Crippen MR) is 115 cm³/mol. The molecule has 1 aliphatic heterocycles. The van der Waals surface area contributed by atoms with E-state index in [0.717, 1.165) is 22.5 Å². The van der Waals surface area contributed by atoms with Gasteiger partial charge < -0.3 is 9.47 Å². The molecule has 0 bridgehead atoms. The molecule has 1 aliphatic rings. The molecule has 5 nitrogen and oxygen atoms in total. The molecule has 0 unspecified atom stereocenters. The maximum Gasteiger partial charge on any atom is 0.416 e. The number of halogens is 4. The molecule has 0 saturated heterocycles. The lowest BCUT2D eigenvalue weighted by molar-refractivity contribution is -0.137. The Balaban J connectivity index is 1.82. The van der Waals surface area contributed by atoms with Crippen molar-refractivity contribution in [3.05, 3.63) is 71.2 Å². The van der Waals surface area contributed by atoms with E-state index in [1.54, 1.807) is 36.4 Å². The monoisotopic (exact) mass is 483 g/mol. The summed E-state index contributed by atoms with van der Waals surface area (Å²) >= 11 is 6.21. The number of hydrogen-bond donors (Lipinski definition) is 0. The number of rotatable bonds is 4. The largest absolute Gasteiger partial charge is 0.495 e. The van der Waals surface area contributed by atoms with E-state index in [1.807, 2.05) is 0 Å². The summed E-state index contributed by atoms with van der Waals surface area (Å²) in [6.07, 6.45) is -4.66. The first-order valence-corrected chi connectivity index (χ1v) is 11.2. The van der Waals surface area contributed by atoms with Crippen molar-refractivity contribution in [3.63, 3.8) is 0 Å². The van der Waals surface area contributed by atoms with Gasteiger partial charge in [-0.2, -0.15) is 13.2 Å². The van der Waals surface area contributed by atoms with Gasteiger partial charge in [-0.05, 0) is 42.0 Å². The molecule has 0 spiro atoms. The maximum absolute atomic E-state index is 13.3. The fraction of sp³-hybridized carbons (Fsp3) is 0.182. The Morgan fingerprint density at radius 3 is 2.53 bits per heavy atom. The number of sulfonamides is 1. The van der Waals surface area contributed by atoms with Crippen LogP contribution in [0.2, 0.25) is 5.02 Å². The number of hydrogen-bond acceptors (Lipinski definition) is 4. The van der Waals surface area contributed by atoms with Crippen molar-refractivity contribution >= 4 is 27.3 Å². The third-order valence-corrected chi connectivity index (χ3v) is 7.12. The number of nitrogens with zero attached hydrogens (tertiary/aromatic N) is 1. The maximum atomic E-state index is 13.3. The van der Waals surface area contributed by atoms with Crippen molar-refractivity contribution in [2.45, 2.75) is 11.1 Å². The van der Waals surface area contributed by atoms with E-state index in [-0.39, 0.29) is 18.8 Å². The Hall–Kier alpha value is -2.91. The highest BCUT2D eigenvalue weighted by Gasteiger charge is 2.35. The van der Waals surface area contributed by atoms with Gasteiger partial charge in [0.05, 0.1) is 34.8 Å². The van der Waals surface area contributed by atoms with Crippen molar-refractivity contribution in [3.8, 4) is 22.6 Å². The van der Waals surface area contributed by atoms with Gasteiger partial charge in [-0.15, -0.1) is 0 Å². The Morgan fingerprint density at radius 2 is 1.81 bits per heavy atom. The molecule has 0 atom stereocenters. The smallest absolute Gasteiger partial charge is 0.416 e. The quantitative estimate of drug-likeness (QED) is 0.483. The third kappa shape index (κ3) is 3.98. The van der Waals surface area contributed by atoms with Crippen molar-refractivity contribution in [1.29, 1.82) is 0 Å². The zero-order chi connectivity index (χ0) is 23.1. The van der Waals surface area contributed by atoms with E-state index in [1.165, 1.54) is 7.11 Å². The van der Waals surface area contributed by atoms with Gasteiger partial charge in [0.1, 0.15) is 18.1 Å². The van der Waals surface area contributed by atoms with Gasteiger partial charge in [0.25, 0.3) is 10.0 Å². The summed E-state index contributed by atoms with van der Waals surface area (Å²) in [6, 6.07) is 13.8. The van der Waals surface area contributed by atoms with Crippen LogP contribution in [-0.2, 0) is 16.2 Å². The second-order valence-electron chi connectivity index (χ2n) is 6.95. The molecule has 10 heteroatoms. The zero-order valence-corrected chi connectivity index (χ0v) is 18.3. The molecule has 0 fully saturated rings. The minimum Gasteiger partial charge on any atom is -0.495 e. The molecule has 3 aromatic carbocycles. The van der Waals surface area contributed by atoms with E-state index in [4.69, 9.17) is 21.1 Å². The van der Waals surface area contributed by atoms with E-state index < -0.39 is 26.7 Å². The molecule has 3 aromatic rings. The molecule has 0 radical (unpaired) electrons. The van der Waals surface area contributed by atoms with E-state index in [2.05, 4.69) is 0 Å². The average molecular weight is 484 g/mol. The van der Waals surface area contributed by atoms with Crippen LogP contribution in [0.15, 0.2) is 65.6 Å². The third-order valence-electron chi connectivity index (χ3n) is 5.01. The summed E-state index contributed by atoms with van der Waals surface area (Å²) in [5.74, 6) is 0.717. The Bertz CT molecular complexity index is 1280. The van der Waals surface area contributed by atoms with Crippen LogP contribution in [0.4, 0.5) is 18.9 Å². The van der Waals surface area contributed by atoms with Crippen LogP contribution >= 0.6 is 11.6 Å². The summed E-state index contributed by atoms with van der Waals surface area (Å²) in [6.45, 7) is 0.00668. The van der Waals surface area contributed by atoms with Crippen molar-refractivity contribution < 1.29 is 31.1 Å². The van der Waals surface area contributed by atoms with E-state index in [0.29, 0.717) is 33.7 Å². The molecule has 32 heavy (non-hydrogen) atoms. The lowest BCUT2D eigenvalue weighted by atomic mass is 10.0. The lowest BCUT2D eigenvalue weighted by Crippen LogP contribution is -2.38. The molecule has 0 amide bonds. The van der Waals surface area contributed by atoms with Crippen LogP contribution in [0.25, 0.3) is 11.1 Å². The van der Waals surface area contributed by atoms with Gasteiger partial charge in [0.15, 0.2) is 0 Å². The van der Waals surface area contributed by atoms with Gasteiger partial charge in [0, 0.05) is 5.56 Å². The van der Waals surface area contributed by atoms with Gasteiger partial charge in [-0.25, -0.2) is 8.42 Å².